The van der Waals surface area contributed by atoms with Gasteiger partial charge in [-0.2, -0.15) is 4.31 Å². The Bertz CT molecular complexity index is 1270. The Morgan fingerprint density at radius 1 is 1.09 bits per heavy atom. The number of carbonyl (C=O) groups is 1. The van der Waals surface area contributed by atoms with Gasteiger partial charge in [0.1, 0.15) is 5.82 Å². The predicted molar refractivity (Wildman–Crippen MR) is 129 cm³/mol. The van der Waals surface area contributed by atoms with Crippen LogP contribution >= 0.6 is 0 Å². The highest BCUT2D eigenvalue weighted by atomic mass is 32.2. The number of sulfonamides is 1. The van der Waals surface area contributed by atoms with E-state index in [1.54, 1.807) is 18.3 Å². The van der Waals surface area contributed by atoms with Crippen molar-refractivity contribution in [1.82, 2.24) is 14.3 Å². The lowest BCUT2D eigenvalue weighted by molar-refractivity contribution is -0.120. The summed E-state index contributed by atoms with van der Waals surface area (Å²) in [6.45, 7) is 2.62. The van der Waals surface area contributed by atoms with Gasteiger partial charge in [0.05, 0.1) is 4.90 Å². The van der Waals surface area contributed by atoms with Crippen LogP contribution < -0.4 is 5.32 Å². The van der Waals surface area contributed by atoms with Gasteiger partial charge in [-0.25, -0.2) is 13.4 Å². The molecule has 0 spiro atoms. The van der Waals surface area contributed by atoms with Gasteiger partial charge in [-0.3, -0.25) is 4.79 Å². The Balaban J connectivity index is 1.29. The fourth-order valence-corrected chi connectivity index (χ4v) is 6.50. The summed E-state index contributed by atoms with van der Waals surface area (Å²) >= 11 is 0. The number of carbonyl (C=O) groups excluding carboxylic acids is 1. The van der Waals surface area contributed by atoms with Crippen LogP contribution in [-0.2, 0) is 27.7 Å². The number of nitrogens with zero attached hydrogens (tertiary/aromatic N) is 2. The number of pyridine rings is 1. The normalized spacial score (nSPS) is 18.1. The minimum Gasteiger partial charge on any atom is -0.358 e. The molecule has 1 amide bonds. The fourth-order valence-electron chi connectivity index (χ4n) is 5.00. The summed E-state index contributed by atoms with van der Waals surface area (Å²) in [6, 6.07) is 9.12. The van der Waals surface area contributed by atoms with E-state index in [1.165, 1.54) is 28.4 Å². The minimum absolute atomic E-state index is 0.0974. The topological polar surface area (TPSA) is 95.2 Å². The van der Waals surface area contributed by atoms with Crippen molar-refractivity contribution in [2.24, 2.45) is 5.92 Å². The molecule has 0 saturated carbocycles. The van der Waals surface area contributed by atoms with E-state index in [9.17, 15) is 13.2 Å². The number of hydrogen-bond donors (Lipinski definition) is 2. The lowest BCUT2D eigenvalue weighted by atomic mass is 9.97. The maximum Gasteiger partial charge on any atom is 0.243 e. The molecule has 0 atom stereocenters. The van der Waals surface area contributed by atoms with Gasteiger partial charge in [-0.15, -0.1) is 0 Å². The van der Waals surface area contributed by atoms with Crippen LogP contribution in [0.1, 0.15) is 48.9 Å². The molecule has 8 heteroatoms. The average Bonchev–Trinajstić information content (AvgIpc) is 3.00. The van der Waals surface area contributed by atoms with E-state index in [0.29, 0.717) is 36.6 Å². The van der Waals surface area contributed by atoms with Crippen LogP contribution in [0.5, 0.6) is 0 Å². The number of anilines is 1. The monoisotopic (exact) mass is 466 g/mol. The third-order valence-corrected chi connectivity index (χ3v) is 8.84. The summed E-state index contributed by atoms with van der Waals surface area (Å²) < 4.78 is 28.3. The molecule has 0 unspecified atom stereocenters. The molecule has 1 saturated heterocycles. The maximum absolute atomic E-state index is 13.4. The van der Waals surface area contributed by atoms with Gasteiger partial charge in [0, 0.05) is 41.8 Å². The summed E-state index contributed by atoms with van der Waals surface area (Å²) in [6.07, 6.45) is 8.26. The molecule has 3 aromatic rings. The standard InChI is InChI=1S/C25H30N4O3S/c1-17-7-10-24(26-16-17)28-25(30)18-11-13-29(14-12-18)33(31,32)19-8-9-23-21(15-19)20-5-3-2-4-6-22(20)27-23/h7-10,15-16,18,27H,2-6,11-14H2,1H3,(H,26,28,30). The van der Waals surface area contributed by atoms with Crippen LogP contribution in [-0.4, -0.2) is 41.7 Å². The first-order valence-corrected chi connectivity index (χ1v) is 13.2. The van der Waals surface area contributed by atoms with Crippen molar-refractivity contribution < 1.29 is 13.2 Å². The highest BCUT2D eigenvalue weighted by Crippen LogP contribution is 2.32. The third-order valence-electron chi connectivity index (χ3n) is 6.94. The SMILES string of the molecule is Cc1ccc(NC(=O)C2CCN(S(=O)(=O)c3ccc4[nH]c5c(c4c3)CCCCC5)CC2)nc1. The van der Waals surface area contributed by atoms with Crippen molar-refractivity contribution in [3.05, 3.63) is 53.3 Å². The van der Waals surface area contributed by atoms with E-state index in [-0.39, 0.29) is 11.8 Å². The van der Waals surface area contributed by atoms with Gasteiger partial charge in [0.2, 0.25) is 15.9 Å². The lowest BCUT2D eigenvalue weighted by Crippen LogP contribution is -2.41. The van der Waals surface area contributed by atoms with Gasteiger partial charge < -0.3 is 10.3 Å². The van der Waals surface area contributed by atoms with Crippen LogP contribution in [0.4, 0.5) is 5.82 Å². The Morgan fingerprint density at radius 3 is 2.64 bits per heavy atom. The molecule has 1 aliphatic heterocycles. The zero-order valence-corrected chi connectivity index (χ0v) is 19.7. The third kappa shape index (κ3) is 4.42. The fraction of sp³-hybridized carbons (Fsp3) is 0.440. The van der Waals surface area contributed by atoms with Crippen LogP contribution in [0.3, 0.4) is 0 Å². The maximum atomic E-state index is 13.4. The second-order valence-electron chi connectivity index (χ2n) is 9.24. The molecule has 2 aliphatic rings. The van der Waals surface area contributed by atoms with Crippen LogP contribution in [0.2, 0.25) is 0 Å². The number of rotatable bonds is 4. The second-order valence-corrected chi connectivity index (χ2v) is 11.2. The zero-order chi connectivity index (χ0) is 23.0. The summed E-state index contributed by atoms with van der Waals surface area (Å²) in [7, 11) is -3.60. The second kappa shape index (κ2) is 8.91. The molecule has 2 aromatic heterocycles. The van der Waals surface area contributed by atoms with E-state index in [1.807, 2.05) is 25.1 Å². The molecule has 3 heterocycles. The smallest absolute Gasteiger partial charge is 0.243 e. The Hall–Kier alpha value is -2.71. The molecular weight excluding hydrogens is 436 g/mol. The van der Waals surface area contributed by atoms with Gasteiger partial charge >= 0.3 is 0 Å². The van der Waals surface area contributed by atoms with Crippen molar-refractivity contribution in [3.8, 4) is 0 Å². The first kappa shape index (κ1) is 22.1. The summed E-state index contributed by atoms with van der Waals surface area (Å²) in [4.78, 5) is 20.7. The highest BCUT2D eigenvalue weighted by Gasteiger charge is 2.32. The number of nitrogens with one attached hydrogen (secondary N) is 2. The number of aromatic nitrogens is 2. The van der Waals surface area contributed by atoms with Crippen LogP contribution in [0.15, 0.2) is 41.4 Å². The zero-order valence-electron chi connectivity index (χ0n) is 18.9. The van der Waals surface area contributed by atoms with E-state index in [4.69, 9.17) is 0 Å². The van der Waals surface area contributed by atoms with Gasteiger partial charge in [-0.05, 0) is 80.8 Å². The summed E-state index contributed by atoms with van der Waals surface area (Å²) in [5.74, 6) is 0.210. The molecule has 7 nitrogen and oxygen atoms in total. The number of benzene rings is 1. The highest BCUT2D eigenvalue weighted by molar-refractivity contribution is 7.89. The van der Waals surface area contributed by atoms with Crippen molar-refractivity contribution in [3.63, 3.8) is 0 Å². The van der Waals surface area contributed by atoms with Crippen molar-refractivity contribution in [2.75, 3.05) is 18.4 Å². The molecule has 174 valence electrons. The summed E-state index contributed by atoms with van der Waals surface area (Å²) in [5, 5.41) is 3.89. The number of amides is 1. The molecule has 1 aromatic carbocycles. The predicted octanol–water partition coefficient (Wildman–Crippen LogP) is 4.18. The van der Waals surface area contributed by atoms with Crippen molar-refractivity contribution >= 4 is 32.7 Å². The van der Waals surface area contributed by atoms with E-state index >= 15 is 0 Å². The first-order chi connectivity index (χ1) is 15.9. The van der Waals surface area contributed by atoms with Gasteiger partial charge in [0.25, 0.3) is 0 Å². The molecule has 1 aliphatic carbocycles. The van der Waals surface area contributed by atoms with E-state index in [0.717, 1.165) is 35.7 Å². The van der Waals surface area contributed by atoms with Crippen molar-refractivity contribution in [1.29, 1.82) is 0 Å². The lowest BCUT2D eigenvalue weighted by Gasteiger charge is -2.30. The molecule has 1 fully saturated rings. The molecular formula is C25H30N4O3S. The number of fused-ring (bicyclic) bond motifs is 3. The number of hydrogen-bond acceptors (Lipinski definition) is 4. The molecule has 0 bridgehead atoms. The van der Waals surface area contributed by atoms with Gasteiger partial charge in [-0.1, -0.05) is 12.5 Å². The average molecular weight is 467 g/mol. The number of H-pyrrole nitrogens is 1. The molecule has 5 rings (SSSR count). The number of piperidine rings is 1. The number of aryl methyl sites for hydroxylation is 3. The largest absolute Gasteiger partial charge is 0.358 e. The molecule has 2 N–H and O–H groups in total. The van der Waals surface area contributed by atoms with Gasteiger partial charge in [0.15, 0.2) is 0 Å². The quantitative estimate of drug-likeness (QED) is 0.564. The van der Waals surface area contributed by atoms with Crippen LogP contribution in [0.25, 0.3) is 10.9 Å². The molecule has 0 radical (unpaired) electrons. The van der Waals surface area contributed by atoms with E-state index < -0.39 is 10.0 Å². The Labute approximate surface area is 194 Å². The van der Waals surface area contributed by atoms with Crippen molar-refractivity contribution in [2.45, 2.75) is 56.8 Å². The van der Waals surface area contributed by atoms with Crippen LogP contribution in [0, 0.1) is 12.8 Å². The first-order valence-electron chi connectivity index (χ1n) is 11.8. The molecule has 33 heavy (non-hydrogen) atoms. The van der Waals surface area contributed by atoms with E-state index in [2.05, 4.69) is 15.3 Å². The Kier molecular flexibility index (Phi) is 5.97. The summed E-state index contributed by atoms with van der Waals surface area (Å²) in [5.41, 5.74) is 4.58. The Morgan fingerprint density at radius 2 is 1.88 bits per heavy atom. The minimum atomic E-state index is -3.60. The number of aromatic amines is 1.